The van der Waals surface area contributed by atoms with Crippen molar-refractivity contribution >= 4 is 5.69 Å². The molecule has 2 aromatic heterocycles. The van der Waals surface area contributed by atoms with Crippen molar-refractivity contribution in [2.75, 3.05) is 18.0 Å². The van der Waals surface area contributed by atoms with Gasteiger partial charge in [-0.2, -0.15) is 0 Å². The molecule has 0 N–H and O–H groups in total. The lowest BCUT2D eigenvalue weighted by Crippen LogP contribution is -2.23. The average Bonchev–Trinajstić information content (AvgIpc) is 2.93. The van der Waals surface area contributed by atoms with Crippen molar-refractivity contribution in [3.8, 4) is 11.3 Å². The molecule has 1 fully saturated rings. The van der Waals surface area contributed by atoms with Gasteiger partial charge in [-0.3, -0.25) is 4.98 Å². The summed E-state index contributed by atoms with van der Waals surface area (Å²) in [6.07, 6.45) is 5.67. The van der Waals surface area contributed by atoms with Gasteiger partial charge < -0.3 is 9.32 Å². The second kappa shape index (κ2) is 4.64. The van der Waals surface area contributed by atoms with Crippen LogP contribution in [0.3, 0.4) is 0 Å². The molecular weight excluding hydrogens is 228 g/mol. The smallest absolute Gasteiger partial charge is 0.360 e. The summed E-state index contributed by atoms with van der Waals surface area (Å²) in [6, 6.07) is 7.38. The predicted molar refractivity (Wildman–Crippen MR) is 69.7 cm³/mol. The lowest BCUT2D eigenvalue weighted by atomic mass is 10.2. The molecule has 0 bridgehead atoms. The van der Waals surface area contributed by atoms with E-state index in [-0.39, 0.29) is 5.63 Å². The molecule has 0 amide bonds. The van der Waals surface area contributed by atoms with Gasteiger partial charge in [-0.05, 0) is 37.1 Å². The standard InChI is InChI=1S/C14H14N2O2/c17-14-12(16-8-1-2-9-16)5-6-13(18-14)11-4-3-7-15-10-11/h3-7,10H,1-2,8-9H2. The van der Waals surface area contributed by atoms with Crippen LogP contribution in [0.4, 0.5) is 5.69 Å². The third kappa shape index (κ3) is 2.01. The molecule has 3 heterocycles. The quantitative estimate of drug-likeness (QED) is 0.810. The van der Waals surface area contributed by atoms with E-state index >= 15 is 0 Å². The fourth-order valence-corrected chi connectivity index (χ4v) is 2.27. The first-order chi connectivity index (χ1) is 8.84. The third-order valence-corrected chi connectivity index (χ3v) is 3.20. The molecule has 0 radical (unpaired) electrons. The summed E-state index contributed by atoms with van der Waals surface area (Å²) in [5.74, 6) is 0.566. The van der Waals surface area contributed by atoms with Crippen molar-refractivity contribution in [3.05, 3.63) is 47.1 Å². The first-order valence-electron chi connectivity index (χ1n) is 6.14. The average molecular weight is 242 g/mol. The van der Waals surface area contributed by atoms with Crippen molar-refractivity contribution in [1.82, 2.24) is 4.98 Å². The molecule has 4 nitrogen and oxygen atoms in total. The van der Waals surface area contributed by atoms with Gasteiger partial charge in [0.25, 0.3) is 0 Å². The van der Waals surface area contributed by atoms with E-state index in [9.17, 15) is 4.79 Å². The second-order valence-electron chi connectivity index (χ2n) is 4.41. The van der Waals surface area contributed by atoms with Gasteiger partial charge in [0.15, 0.2) is 0 Å². The van der Waals surface area contributed by atoms with Gasteiger partial charge >= 0.3 is 5.63 Å². The molecule has 2 aromatic rings. The van der Waals surface area contributed by atoms with E-state index in [0.29, 0.717) is 11.4 Å². The maximum absolute atomic E-state index is 12.0. The van der Waals surface area contributed by atoms with Crippen molar-refractivity contribution < 1.29 is 4.42 Å². The molecule has 1 saturated heterocycles. The van der Waals surface area contributed by atoms with Gasteiger partial charge in [0.1, 0.15) is 11.4 Å². The molecule has 0 unspecified atom stereocenters. The number of aromatic nitrogens is 1. The molecule has 1 aliphatic rings. The highest BCUT2D eigenvalue weighted by atomic mass is 16.4. The summed E-state index contributed by atoms with van der Waals surface area (Å²) in [5, 5.41) is 0. The van der Waals surface area contributed by atoms with Crippen molar-refractivity contribution in [1.29, 1.82) is 0 Å². The number of rotatable bonds is 2. The van der Waals surface area contributed by atoms with Gasteiger partial charge in [-0.25, -0.2) is 4.79 Å². The zero-order valence-electron chi connectivity index (χ0n) is 10.0. The monoisotopic (exact) mass is 242 g/mol. The molecular formula is C14H14N2O2. The Labute approximate surface area is 105 Å². The number of anilines is 1. The number of hydrogen-bond donors (Lipinski definition) is 0. The van der Waals surface area contributed by atoms with Gasteiger partial charge in [0, 0.05) is 31.0 Å². The van der Waals surface area contributed by atoms with Crippen LogP contribution < -0.4 is 10.5 Å². The molecule has 3 rings (SSSR count). The summed E-state index contributed by atoms with van der Waals surface area (Å²) < 4.78 is 5.37. The Balaban J connectivity index is 1.96. The molecule has 18 heavy (non-hydrogen) atoms. The SMILES string of the molecule is O=c1oc(-c2cccnc2)ccc1N1CCCC1. The maximum atomic E-state index is 12.0. The Morgan fingerprint density at radius 1 is 1.17 bits per heavy atom. The minimum atomic E-state index is -0.266. The Kier molecular flexibility index (Phi) is 2.84. The molecule has 92 valence electrons. The summed E-state index contributed by atoms with van der Waals surface area (Å²) in [6.45, 7) is 1.88. The Bertz CT molecular complexity index is 586. The van der Waals surface area contributed by atoms with Crippen molar-refractivity contribution in [3.63, 3.8) is 0 Å². The van der Waals surface area contributed by atoms with Gasteiger partial charge in [0.05, 0.1) is 0 Å². The lowest BCUT2D eigenvalue weighted by Gasteiger charge is -2.15. The van der Waals surface area contributed by atoms with E-state index in [2.05, 4.69) is 9.88 Å². The van der Waals surface area contributed by atoms with Crippen LogP contribution in [0.2, 0.25) is 0 Å². The van der Waals surface area contributed by atoms with E-state index < -0.39 is 0 Å². The van der Waals surface area contributed by atoms with Crippen LogP contribution in [0.25, 0.3) is 11.3 Å². The van der Waals surface area contributed by atoms with Crippen LogP contribution in [0.15, 0.2) is 45.9 Å². The molecule has 0 aromatic carbocycles. The Morgan fingerprint density at radius 3 is 2.67 bits per heavy atom. The number of nitrogens with zero attached hydrogens (tertiary/aromatic N) is 2. The Morgan fingerprint density at radius 2 is 2.00 bits per heavy atom. The van der Waals surface area contributed by atoms with Gasteiger partial charge in [0.2, 0.25) is 0 Å². The summed E-state index contributed by atoms with van der Waals surface area (Å²) in [5.41, 5.74) is 1.22. The summed E-state index contributed by atoms with van der Waals surface area (Å²) >= 11 is 0. The van der Waals surface area contributed by atoms with Crippen molar-refractivity contribution in [2.45, 2.75) is 12.8 Å². The molecule has 0 saturated carbocycles. The number of pyridine rings is 1. The molecule has 0 atom stereocenters. The largest absolute Gasteiger partial charge is 0.421 e. The van der Waals surface area contributed by atoms with Crippen LogP contribution in [0.1, 0.15) is 12.8 Å². The van der Waals surface area contributed by atoms with Crippen LogP contribution in [-0.2, 0) is 0 Å². The minimum absolute atomic E-state index is 0.266. The van der Waals surface area contributed by atoms with E-state index in [0.717, 1.165) is 31.5 Å². The van der Waals surface area contributed by atoms with Crippen LogP contribution in [-0.4, -0.2) is 18.1 Å². The van der Waals surface area contributed by atoms with Crippen LogP contribution in [0, 0.1) is 0 Å². The molecule has 0 spiro atoms. The van der Waals surface area contributed by atoms with Crippen LogP contribution >= 0.6 is 0 Å². The fourth-order valence-electron chi connectivity index (χ4n) is 2.27. The fraction of sp³-hybridized carbons (Fsp3) is 0.286. The predicted octanol–water partition coefficient (Wildman–Crippen LogP) is 2.30. The van der Waals surface area contributed by atoms with E-state index in [1.165, 1.54) is 0 Å². The normalized spacial score (nSPS) is 15.0. The highest BCUT2D eigenvalue weighted by Crippen LogP contribution is 2.21. The summed E-state index contributed by atoms with van der Waals surface area (Å²) in [7, 11) is 0. The lowest BCUT2D eigenvalue weighted by molar-refractivity contribution is 0.524. The minimum Gasteiger partial charge on any atom is -0.421 e. The third-order valence-electron chi connectivity index (χ3n) is 3.20. The zero-order valence-corrected chi connectivity index (χ0v) is 10.0. The summed E-state index contributed by atoms with van der Waals surface area (Å²) in [4.78, 5) is 18.1. The molecule has 1 aliphatic heterocycles. The highest BCUT2D eigenvalue weighted by molar-refractivity contribution is 5.58. The second-order valence-corrected chi connectivity index (χ2v) is 4.41. The topological polar surface area (TPSA) is 46.3 Å². The Hall–Kier alpha value is -2.10. The zero-order chi connectivity index (χ0) is 12.4. The van der Waals surface area contributed by atoms with Gasteiger partial charge in [-0.1, -0.05) is 0 Å². The molecule has 0 aliphatic carbocycles. The number of hydrogen-bond acceptors (Lipinski definition) is 4. The van der Waals surface area contributed by atoms with Gasteiger partial charge in [-0.15, -0.1) is 0 Å². The van der Waals surface area contributed by atoms with Crippen LogP contribution in [0.5, 0.6) is 0 Å². The highest BCUT2D eigenvalue weighted by Gasteiger charge is 2.16. The maximum Gasteiger partial charge on any atom is 0.360 e. The first kappa shape index (κ1) is 11.0. The van der Waals surface area contributed by atoms with E-state index in [1.54, 1.807) is 12.4 Å². The van der Waals surface area contributed by atoms with Crippen molar-refractivity contribution in [2.24, 2.45) is 0 Å². The van der Waals surface area contributed by atoms with E-state index in [4.69, 9.17) is 4.42 Å². The molecule has 4 heteroatoms. The van der Waals surface area contributed by atoms with E-state index in [1.807, 2.05) is 24.3 Å². The first-order valence-corrected chi connectivity index (χ1v) is 6.14.